The first-order chi connectivity index (χ1) is 19.4. The molecule has 0 bridgehead atoms. The van der Waals surface area contributed by atoms with Gasteiger partial charge >= 0.3 is 0 Å². The van der Waals surface area contributed by atoms with E-state index in [1.807, 2.05) is 85.8 Å². The number of hydrazone groups is 1. The van der Waals surface area contributed by atoms with Crippen LogP contribution in [0.3, 0.4) is 0 Å². The smallest absolute Gasteiger partial charge is 0.297 e. The summed E-state index contributed by atoms with van der Waals surface area (Å²) >= 11 is 1.16. The second-order valence-corrected chi connectivity index (χ2v) is 9.83. The van der Waals surface area contributed by atoms with E-state index in [1.165, 1.54) is 5.01 Å². The normalized spacial score (nSPS) is 15.5. The van der Waals surface area contributed by atoms with E-state index in [2.05, 4.69) is 5.10 Å². The number of amides is 1. The van der Waals surface area contributed by atoms with E-state index in [0.29, 0.717) is 22.0 Å². The van der Waals surface area contributed by atoms with Crippen LogP contribution in [0.15, 0.2) is 98.7 Å². The largest absolute Gasteiger partial charge is 0.497 e. The van der Waals surface area contributed by atoms with Crippen molar-refractivity contribution in [2.45, 2.75) is 6.92 Å². The second-order valence-electron chi connectivity index (χ2n) is 8.82. The summed E-state index contributed by atoms with van der Waals surface area (Å²) in [5, 5.41) is 5.97. The van der Waals surface area contributed by atoms with Crippen molar-refractivity contribution in [3.63, 3.8) is 0 Å². The number of benzene rings is 3. The van der Waals surface area contributed by atoms with Gasteiger partial charge in [-0.3, -0.25) is 14.3 Å². The van der Waals surface area contributed by atoms with Crippen LogP contribution in [0.25, 0.3) is 11.8 Å². The van der Waals surface area contributed by atoms with Crippen LogP contribution in [0.5, 0.6) is 11.5 Å². The Labute approximate surface area is 235 Å². The molecule has 1 aromatic heterocycles. The highest BCUT2D eigenvalue weighted by molar-refractivity contribution is 8.18. The molecule has 0 saturated carbocycles. The molecular formula is C30H27N5O4S. The summed E-state index contributed by atoms with van der Waals surface area (Å²) in [5.74, 6) is 1.09. The number of thioether (sulfide) groups is 1. The predicted octanol–water partition coefficient (Wildman–Crippen LogP) is 5.14. The quantitative estimate of drug-likeness (QED) is 0.234. The van der Waals surface area contributed by atoms with Crippen LogP contribution in [-0.2, 0) is 11.8 Å². The molecule has 1 saturated heterocycles. The minimum atomic E-state index is -0.346. The van der Waals surface area contributed by atoms with Gasteiger partial charge in [-0.15, -0.1) is 0 Å². The molecule has 4 aromatic rings. The van der Waals surface area contributed by atoms with Crippen LogP contribution in [-0.4, -0.2) is 45.9 Å². The van der Waals surface area contributed by atoms with Crippen molar-refractivity contribution in [1.29, 1.82) is 0 Å². The van der Waals surface area contributed by atoms with Crippen LogP contribution >= 0.6 is 11.8 Å². The molecule has 1 aliphatic rings. The van der Waals surface area contributed by atoms with Gasteiger partial charge in [-0.25, -0.2) is 9.67 Å². The molecule has 202 valence electrons. The van der Waals surface area contributed by atoms with Crippen LogP contribution < -0.4 is 15.0 Å². The Morgan fingerprint density at radius 3 is 2.02 bits per heavy atom. The van der Waals surface area contributed by atoms with Crippen molar-refractivity contribution in [2.24, 2.45) is 17.1 Å². The zero-order valence-electron chi connectivity index (χ0n) is 22.4. The summed E-state index contributed by atoms with van der Waals surface area (Å²) in [7, 11) is 5.00. The number of hydrogen-bond donors (Lipinski definition) is 0. The Hall–Kier alpha value is -4.83. The van der Waals surface area contributed by atoms with Gasteiger partial charge in [0.05, 0.1) is 36.7 Å². The lowest BCUT2D eigenvalue weighted by molar-refractivity contribution is -0.122. The van der Waals surface area contributed by atoms with Gasteiger partial charge in [0.15, 0.2) is 10.9 Å². The van der Waals surface area contributed by atoms with E-state index in [4.69, 9.17) is 14.5 Å². The average Bonchev–Trinajstić information content (AvgIpc) is 3.39. The highest BCUT2D eigenvalue weighted by atomic mass is 32.2. The van der Waals surface area contributed by atoms with Gasteiger partial charge in [0.2, 0.25) is 0 Å². The molecule has 1 fully saturated rings. The van der Waals surface area contributed by atoms with Gasteiger partial charge < -0.3 is 9.47 Å². The van der Waals surface area contributed by atoms with E-state index in [-0.39, 0.29) is 22.3 Å². The zero-order chi connectivity index (χ0) is 28.2. The monoisotopic (exact) mass is 553 g/mol. The topological polar surface area (TPSA) is 90.4 Å². The molecule has 0 radical (unpaired) electrons. The molecule has 5 rings (SSSR count). The number of aliphatic imine (C=N–C) groups is 1. The lowest BCUT2D eigenvalue weighted by atomic mass is 10.2. The first-order valence-corrected chi connectivity index (χ1v) is 13.2. The van der Waals surface area contributed by atoms with Gasteiger partial charge in [-0.1, -0.05) is 30.3 Å². The molecule has 0 aliphatic carbocycles. The summed E-state index contributed by atoms with van der Waals surface area (Å²) in [4.78, 5) is 32.1. The molecule has 0 unspecified atom stereocenters. The third kappa shape index (κ3) is 5.34. The van der Waals surface area contributed by atoms with Crippen molar-refractivity contribution in [3.8, 4) is 17.2 Å². The van der Waals surface area contributed by atoms with Crippen LogP contribution in [0, 0.1) is 6.92 Å². The number of carbonyl (C=O) groups excluding carboxylic acids is 1. The fourth-order valence-corrected chi connectivity index (χ4v) is 5.00. The summed E-state index contributed by atoms with van der Waals surface area (Å²) in [6.07, 6.45) is 3.34. The standard InChI is InChI=1S/C30H27N5O4S/c1-20-27(29(37)35(33(20)2)23-8-6-5-7-9-23)32-30-34(31-19-22-12-16-25(39-4)17-13-22)28(36)26(40-30)18-21-10-14-24(38-3)15-11-21/h5-19H,1-4H3/b26-18+,31-19?,32-30?. The molecule has 9 nitrogen and oxygen atoms in total. The predicted molar refractivity (Wildman–Crippen MR) is 159 cm³/mol. The molecule has 2 heterocycles. The highest BCUT2D eigenvalue weighted by Crippen LogP contribution is 2.35. The van der Waals surface area contributed by atoms with Crippen molar-refractivity contribution in [1.82, 2.24) is 14.4 Å². The number of hydrogen-bond acceptors (Lipinski definition) is 7. The van der Waals surface area contributed by atoms with E-state index in [0.717, 1.165) is 28.6 Å². The molecule has 0 atom stereocenters. The minimum absolute atomic E-state index is 0.233. The number of carbonyl (C=O) groups is 1. The molecule has 0 N–H and O–H groups in total. The lowest BCUT2D eigenvalue weighted by Gasteiger charge is -2.08. The first-order valence-electron chi connectivity index (χ1n) is 12.4. The van der Waals surface area contributed by atoms with Gasteiger partial charge in [-0.2, -0.15) is 10.1 Å². The molecule has 1 amide bonds. The Kier molecular flexibility index (Phi) is 7.70. The number of ether oxygens (including phenoxy) is 2. The van der Waals surface area contributed by atoms with E-state index in [9.17, 15) is 9.59 Å². The SMILES string of the molecule is COc1ccc(C=NN2C(=O)/C(=C\c3ccc(OC)cc3)SC2=Nc2c(C)n(C)n(-c3ccccc3)c2=O)cc1. The number of amidine groups is 1. The maximum Gasteiger partial charge on any atom is 0.297 e. The maximum absolute atomic E-state index is 13.5. The molecule has 1 aliphatic heterocycles. The highest BCUT2D eigenvalue weighted by Gasteiger charge is 2.34. The molecular weight excluding hydrogens is 526 g/mol. The van der Waals surface area contributed by atoms with Crippen molar-refractivity contribution < 1.29 is 14.3 Å². The Morgan fingerprint density at radius 1 is 0.825 bits per heavy atom. The zero-order valence-corrected chi connectivity index (χ0v) is 23.3. The van der Waals surface area contributed by atoms with Crippen molar-refractivity contribution in [2.75, 3.05) is 14.2 Å². The fourth-order valence-electron chi connectivity index (χ4n) is 4.08. The number of methoxy groups -OCH3 is 2. The Morgan fingerprint density at radius 2 is 1.43 bits per heavy atom. The second kappa shape index (κ2) is 11.5. The lowest BCUT2D eigenvalue weighted by Crippen LogP contribution is -2.24. The molecule has 3 aromatic carbocycles. The van der Waals surface area contributed by atoms with Gasteiger partial charge in [0, 0.05) is 7.05 Å². The van der Waals surface area contributed by atoms with E-state index < -0.39 is 0 Å². The minimum Gasteiger partial charge on any atom is -0.497 e. The van der Waals surface area contributed by atoms with Crippen LogP contribution in [0.4, 0.5) is 5.69 Å². The molecule has 0 spiro atoms. The number of aromatic nitrogens is 2. The van der Waals surface area contributed by atoms with E-state index >= 15 is 0 Å². The first kappa shape index (κ1) is 26.8. The van der Waals surface area contributed by atoms with E-state index in [1.54, 1.807) is 42.9 Å². The number of para-hydroxylation sites is 1. The van der Waals surface area contributed by atoms with Crippen LogP contribution in [0.1, 0.15) is 16.8 Å². The third-order valence-electron chi connectivity index (χ3n) is 6.37. The molecule has 40 heavy (non-hydrogen) atoms. The summed E-state index contributed by atoms with van der Waals surface area (Å²) < 4.78 is 13.8. The third-order valence-corrected chi connectivity index (χ3v) is 7.33. The maximum atomic E-state index is 13.5. The number of rotatable bonds is 7. The summed E-state index contributed by atoms with van der Waals surface area (Å²) in [6, 6.07) is 24.0. The van der Waals surface area contributed by atoms with Gasteiger partial charge in [0.25, 0.3) is 11.5 Å². The summed E-state index contributed by atoms with van der Waals surface area (Å²) in [5.41, 5.74) is 2.90. The summed E-state index contributed by atoms with van der Waals surface area (Å²) in [6.45, 7) is 1.82. The van der Waals surface area contributed by atoms with Gasteiger partial charge in [0.1, 0.15) is 11.5 Å². The number of nitrogens with zero attached hydrogens (tertiary/aromatic N) is 5. The van der Waals surface area contributed by atoms with Gasteiger partial charge in [-0.05, 0) is 84.4 Å². The fraction of sp³-hybridized carbons (Fsp3) is 0.133. The van der Waals surface area contributed by atoms with Crippen molar-refractivity contribution in [3.05, 3.63) is 111 Å². The Balaban J connectivity index is 1.57. The van der Waals surface area contributed by atoms with Crippen LogP contribution in [0.2, 0.25) is 0 Å². The average molecular weight is 554 g/mol. The molecule has 10 heteroatoms. The Bertz CT molecular complexity index is 1690. The van der Waals surface area contributed by atoms with Crippen molar-refractivity contribution >= 4 is 40.8 Å².